The van der Waals surface area contributed by atoms with Crippen LogP contribution in [0.4, 0.5) is 0 Å². The molecular weight excluding hydrogens is 240 g/mol. The molecule has 0 saturated heterocycles. The number of nitrogens with one attached hydrogen (secondary N) is 2. The Morgan fingerprint density at radius 1 is 1.32 bits per heavy atom. The Hall–Kier alpha value is -1.39. The van der Waals surface area contributed by atoms with Crippen LogP contribution in [-0.4, -0.2) is 25.7 Å². The third-order valence-electron chi connectivity index (χ3n) is 3.68. The van der Waals surface area contributed by atoms with E-state index in [9.17, 15) is 4.79 Å². The fraction of sp³-hybridized carbons (Fsp3) is 0.533. The number of benzene rings is 1. The van der Waals surface area contributed by atoms with Gasteiger partial charge in [-0.2, -0.15) is 0 Å². The average Bonchev–Trinajstić information content (AvgIpc) is 3.13. The standard InChI is InChI=1S/C15H20N2O2/c18-15(17-5-6-19-10-11-1-2-11)12-3-4-13-8-16-9-14(13)7-12/h3-4,7,11,16H,1-2,5-6,8-10H2,(H,17,18). The molecule has 0 unspecified atom stereocenters. The molecule has 1 heterocycles. The maximum Gasteiger partial charge on any atom is 0.251 e. The van der Waals surface area contributed by atoms with E-state index in [2.05, 4.69) is 10.6 Å². The lowest BCUT2D eigenvalue weighted by Gasteiger charge is -2.07. The van der Waals surface area contributed by atoms with Crippen molar-refractivity contribution in [1.29, 1.82) is 0 Å². The van der Waals surface area contributed by atoms with Gasteiger partial charge < -0.3 is 15.4 Å². The molecular formula is C15H20N2O2. The van der Waals surface area contributed by atoms with Gasteiger partial charge >= 0.3 is 0 Å². The summed E-state index contributed by atoms with van der Waals surface area (Å²) in [6, 6.07) is 5.91. The molecule has 1 aromatic rings. The predicted molar refractivity (Wildman–Crippen MR) is 72.9 cm³/mol. The minimum Gasteiger partial charge on any atom is -0.379 e. The molecule has 1 aliphatic carbocycles. The van der Waals surface area contributed by atoms with Crippen LogP contribution < -0.4 is 10.6 Å². The number of carbonyl (C=O) groups excluding carboxylic acids is 1. The Balaban J connectivity index is 1.44. The number of fused-ring (bicyclic) bond motifs is 1. The molecule has 3 rings (SSSR count). The first kappa shape index (κ1) is 12.6. The fourth-order valence-electron chi connectivity index (χ4n) is 2.31. The molecule has 0 aromatic heterocycles. The summed E-state index contributed by atoms with van der Waals surface area (Å²) >= 11 is 0. The van der Waals surface area contributed by atoms with Crippen LogP contribution in [-0.2, 0) is 17.8 Å². The highest BCUT2D eigenvalue weighted by atomic mass is 16.5. The van der Waals surface area contributed by atoms with Gasteiger partial charge in [-0.1, -0.05) is 6.07 Å². The van der Waals surface area contributed by atoms with Crippen LogP contribution in [0, 0.1) is 5.92 Å². The zero-order chi connectivity index (χ0) is 13.1. The van der Waals surface area contributed by atoms with Crippen LogP contribution in [0.2, 0.25) is 0 Å². The average molecular weight is 260 g/mol. The normalized spacial score (nSPS) is 17.3. The molecule has 1 aliphatic heterocycles. The van der Waals surface area contributed by atoms with Crippen LogP contribution in [0.15, 0.2) is 18.2 Å². The van der Waals surface area contributed by atoms with Gasteiger partial charge in [0.1, 0.15) is 0 Å². The van der Waals surface area contributed by atoms with Gasteiger partial charge in [0.25, 0.3) is 5.91 Å². The van der Waals surface area contributed by atoms with Gasteiger partial charge in [-0.25, -0.2) is 0 Å². The van der Waals surface area contributed by atoms with Gasteiger partial charge in [-0.05, 0) is 42.0 Å². The van der Waals surface area contributed by atoms with Gasteiger partial charge in [0.15, 0.2) is 0 Å². The first-order valence-electron chi connectivity index (χ1n) is 7.01. The molecule has 0 bridgehead atoms. The molecule has 1 aromatic carbocycles. The lowest BCUT2D eigenvalue weighted by molar-refractivity contribution is 0.0906. The number of rotatable bonds is 6. The largest absolute Gasteiger partial charge is 0.379 e. The van der Waals surface area contributed by atoms with Crippen LogP contribution in [0.5, 0.6) is 0 Å². The minimum absolute atomic E-state index is 0.00952. The molecule has 2 N–H and O–H groups in total. The Bertz CT molecular complexity index is 469. The number of hydrogen-bond acceptors (Lipinski definition) is 3. The van der Waals surface area contributed by atoms with Crippen molar-refractivity contribution in [1.82, 2.24) is 10.6 Å². The van der Waals surface area contributed by atoms with E-state index in [4.69, 9.17) is 4.74 Å². The Morgan fingerprint density at radius 2 is 2.16 bits per heavy atom. The number of carbonyl (C=O) groups is 1. The number of hydrogen-bond donors (Lipinski definition) is 2. The summed E-state index contributed by atoms with van der Waals surface area (Å²) in [5, 5.41) is 6.18. The molecule has 1 fully saturated rings. The van der Waals surface area contributed by atoms with Crippen molar-refractivity contribution in [2.75, 3.05) is 19.8 Å². The van der Waals surface area contributed by atoms with Crippen molar-refractivity contribution in [3.05, 3.63) is 34.9 Å². The maximum atomic E-state index is 12.0. The van der Waals surface area contributed by atoms with Gasteiger partial charge in [0, 0.05) is 31.8 Å². The summed E-state index contributed by atoms with van der Waals surface area (Å²) in [6.45, 7) is 3.81. The smallest absolute Gasteiger partial charge is 0.251 e. The van der Waals surface area contributed by atoms with Crippen LogP contribution in [0.25, 0.3) is 0 Å². The SMILES string of the molecule is O=C(NCCOCC1CC1)c1ccc2c(c1)CNC2. The summed E-state index contributed by atoms with van der Waals surface area (Å²) in [6.07, 6.45) is 2.60. The molecule has 1 amide bonds. The Labute approximate surface area is 113 Å². The predicted octanol–water partition coefficient (Wildman–Crippen LogP) is 1.45. The highest BCUT2D eigenvalue weighted by molar-refractivity contribution is 5.94. The molecule has 4 heteroatoms. The Morgan fingerprint density at radius 3 is 3.00 bits per heavy atom. The van der Waals surface area contributed by atoms with Crippen molar-refractivity contribution >= 4 is 5.91 Å². The van der Waals surface area contributed by atoms with Crippen LogP contribution in [0.1, 0.15) is 34.3 Å². The molecule has 0 spiro atoms. The van der Waals surface area contributed by atoms with E-state index >= 15 is 0 Å². The molecule has 0 radical (unpaired) electrons. The van der Waals surface area contributed by atoms with Crippen LogP contribution >= 0.6 is 0 Å². The van der Waals surface area contributed by atoms with Crippen molar-refractivity contribution in [3.63, 3.8) is 0 Å². The van der Waals surface area contributed by atoms with E-state index in [1.165, 1.54) is 24.0 Å². The zero-order valence-electron chi connectivity index (χ0n) is 11.1. The molecule has 102 valence electrons. The second kappa shape index (κ2) is 5.72. The third-order valence-corrected chi connectivity index (χ3v) is 3.68. The van der Waals surface area contributed by atoms with E-state index in [0.29, 0.717) is 13.2 Å². The number of ether oxygens (including phenoxy) is 1. The quantitative estimate of drug-likeness (QED) is 0.761. The molecule has 0 atom stereocenters. The lowest BCUT2D eigenvalue weighted by atomic mass is 10.1. The van der Waals surface area contributed by atoms with E-state index in [-0.39, 0.29) is 5.91 Å². The zero-order valence-corrected chi connectivity index (χ0v) is 11.1. The molecule has 19 heavy (non-hydrogen) atoms. The topological polar surface area (TPSA) is 50.4 Å². The van der Waals surface area contributed by atoms with Gasteiger partial charge in [-0.15, -0.1) is 0 Å². The first-order chi connectivity index (χ1) is 9.33. The maximum absolute atomic E-state index is 12.0. The number of amides is 1. The highest BCUT2D eigenvalue weighted by Crippen LogP contribution is 2.28. The van der Waals surface area contributed by atoms with Crippen LogP contribution in [0.3, 0.4) is 0 Å². The van der Waals surface area contributed by atoms with E-state index in [1.807, 2.05) is 18.2 Å². The lowest BCUT2D eigenvalue weighted by Crippen LogP contribution is -2.27. The highest BCUT2D eigenvalue weighted by Gasteiger charge is 2.20. The van der Waals surface area contributed by atoms with Gasteiger partial charge in [0.2, 0.25) is 0 Å². The van der Waals surface area contributed by atoms with Crippen molar-refractivity contribution in [2.45, 2.75) is 25.9 Å². The monoisotopic (exact) mass is 260 g/mol. The van der Waals surface area contributed by atoms with Gasteiger partial charge in [0.05, 0.1) is 6.61 Å². The first-order valence-corrected chi connectivity index (χ1v) is 7.01. The van der Waals surface area contributed by atoms with E-state index < -0.39 is 0 Å². The third kappa shape index (κ3) is 3.33. The molecule has 2 aliphatic rings. The van der Waals surface area contributed by atoms with E-state index in [0.717, 1.165) is 31.2 Å². The summed E-state index contributed by atoms with van der Waals surface area (Å²) < 4.78 is 5.49. The van der Waals surface area contributed by atoms with Crippen molar-refractivity contribution in [2.24, 2.45) is 5.92 Å². The van der Waals surface area contributed by atoms with Gasteiger partial charge in [-0.3, -0.25) is 4.79 Å². The fourth-order valence-corrected chi connectivity index (χ4v) is 2.31. The Kier molecular flexibility index (Phi) is 3.80. The summed E-state index contributed by atoms with van der Waals surface area (Å²) in [4.78, 5) is 12.0. The summed E-state index contributed by atoms with van der Waals surface area (Å²) in [5.41, 5.74) is 3.27. The van der Waals surface area contributed by atoms with E-state index in [1.54, 1.807) is 0 Å². The second-order valence-electron chi connectivity index (χ2n) is 5.36. The van der Waals surface area contributed by atoms with Crippen molar-refractivity contribution in [3.8, 4) is 0 Å². The summed E-state index contributed by atoms with van der Waals surface area (Å²) in [5.74, 6) is 0.768. The second-order valence-corrected chi connectivity index (χ2v) is 5.36. The minimum atomic E-state index is -0.00952. The summed E-state index contributed by atoms with van der Waals surface area (Å²) in [7, 11) is 0. The molecule has 4 nitrogen and oxygen atoms in total. The molecule has 1 saturated carbocycles. The van der Waals surface area contributed by atoms with Crippen molar-refractivity contribution < 1.29 is 9.53 Å².